The van der Waals surface area contributed by atoms with Gasteiger partial charge in [-0.2, -0.15) is 12.1 Å². The molecule has 0 bridgehead atoms. The van der Waals surface area contributed by atoms with Crippen molar-refractivity contribution in [3.05, 3.63) is 35.1 Å². The van der Waals surface area contributed by atoms with E-state index >= 15 is 0 Å². The molecule has 0 radical (unpaired) electrons. The van der Waals surface area contributed by atoms with Crippen LogP contribution in [0, 0.1) is 11.9 Å². The summed E-state index contributed by atoms with van der Waals surface area (Å²) in [6, 6.07) is 6.75. The van der Waals surface area contributed by atoms with Crippen LogP contribution in [-0.2, 0) is 0 Å². The Hall–Kier alpha value is 0.0374. The van der Waals surface area contributed by atoms with Gasteiger partial charge in [-0.15, -0.1) is 23.7 Å². The second-order valence-electron chi connectivity index (χ2n) is 1.34. The van der Waals surface area contributed by atoms with Gasteiger partial charge in [0.1, 0.15) is 0 Å². The molecule has 0 saturated carbocycles. The second kappa shape index (κ2) is 3.95. The van der Waals surface area contributed by atoms with E-state index in [0.717, 1.165) is 0 Å². The summed E-state index contributed by atoms with van der Waals surface area (Å²) in [5.41, 5.74) is 0. The van der Waals surface area contributed by atoms with Gasteiger partial charge in [-0.25, -0.2) is 0 Å². The Bertz CT molecular complexity index is 169. The van der Waals surface area contributed by atoms with E-state index in [9.17, 15) is 4.39 Å². The van der Waals surface area contributed by atoms with Crippen LogP contribution in [0.4, 0.5) is 4.39 Å². The predicted octanol–water partition coefficient (Wildman–Crippen LogP) is -0.717. The summed E-state index contributed by atoms with van der Waals surface area (Å²) >= 11 is 5.31. The summed E-state index contributed by atoms with van der Waals surface area (Å²) in [6.07, 6.45) is 0. The third-order valence-electron chi connectivity index (χ3n) is 0.764. The number of rotatable bonds is 0. The number of benzene rings is 1. The average molecular weight is 136 g/mol. The molecule has 0 unspecified atom stereocenters. The van der Waals surface area contributed by atoms with Crippen LogP contribution in [0.25, 0.3) is 0 Å². The first-order valence-electron chi connectivity index (χ1n) is 2.12. The van der Waals surface area contributed by atoms with Crippen molar-refractivity contribution in [1.29, 1.82) is 0 Å². The third kappa shape index (κ3) is 2.40. The molecule has 9 heavy (non-hydrogen) atoms. The number of hydrogen-bond acceptors (Lipinski definition) is 0. The summed E-state index contributed by atoms with van der Waals surface area (Å²) in [6.45, 7) is 0. The van der Waals surface area contributed by atoms with Crippen LogP contribution < -0.4 is 18.9 Å². The monoisotopic (exact) mass is 136 g/mol. The quantitative estimate of drug-likeness (QED) is 0.326. The fraction of sp³-hybridized carbons (Fsp3) is 0. The van der Waals surface area contributed by atoms with Gasteiger partial charge in [-0.3, -0.25) is 4.39 Å². The van der Waals surface area contributed by atoms with Gasteiger partial charge >= 0.3 is 18.9 Å². The summed E-state index contributed by atoms with van der Waals surface area (Å²) < 4.78 is 12.2. The van der Waals surface area contributed by atoms with Crippen LogP contribution in [-0.4, -0.2) is 0 Å². The van der Waals surface area contributed by atoms with E-state index < -0.39 is 5.82 Å². The van der Waals surface area contributed by atoms with E-state index in [2.05, 4.69) is 6.07 Å². The summed E-state index contributed by atoms with van der Waals surface area (Å²) in [4.78, 5) is 0. The van der Waals surface area contributed by atoms with Crippen LogP contribution in [0.3, 0.4) is 0 Å². The smallest absolute Gasteiger partial charge is 0.283 e. The molecule has 0 nitrogen and oxygen atoms in total. The van der Waals surface area contributed by atoms with E-state index in [4.69, 9.17) is 11.6 Å². The molecule has 1 rings (SSSR count). The molecule has 0 aromatic heterocycles. The molecule has 42 valence electrons. The summed E-state index contributed by atoms with van der Waals surface area (Å²) in [7, 11) is 0. The molecule has 1 aromatic rings. The van der Waals surface area contributed by atoms with Crippen molar-refractivity contribution in [2.45, 2.75) is 0 Å². The molecule has 0 heterocycles. The molecule has 0 amide bonds. The van der Waals surface area contributed by atoms with Crippen LogP contribution in [0.2, 0.25) is 5.02 Å². The Kier molecular flexibility index (Phi) is 3.97. The molecular weight excluding hydrogens is 133 g/mol. The predicted molar refractivity (Wildman–Crippen MR) is 30.2 cm³/mol. The molecule has 3 heteroatoms. The van der Waals surface area contributed by atoms with Crippen molar-refractivity contribution in [3.8, 4) is 0 Å². The van der Waals surface area contributed by atoms with Gasteiger partial charge in [-0.05, 0) is 5.02 Å². The van der Waals surface area contributed by atoms with Crippen LogP contribution in [0.1, 0.15) is 0 Å². The Labute approximate surface area is 70.2 Å². The SMILES string of the molecule is Fc1c[c-]ccc1Cl.[Li+]. The Morgan fingerprint density at radius 3 is 2.56 bits per heavy atom. The maximum Gasteiger partial charge on any atom is 1.00 e. The van der Waals surface area contributed by atoms with Crippen molar-refractivity contribution in [2.75, 3.05) is 0 Å². The van der Waals surface area contributed by atoms with Crippen molar-refractivity contribution < 1.29 is 23.3 Å². The summed E-state index contributed by atoms with van der Waals surface area (Å²) in [5.74, 6) is -0.422. The minimum atomic E-state index is -0.422. The first-order chi connectivity index (χ1) is 3.80. The zero-order chi connectivity index (χ0) is 5.98. The minimum Gasteiger partial charge on any atom is -0.283 e. The molecule has 0 atom stereocenters. The van der Waals surface area contributed by atoms with E-state index in [1.807, 2.05) is 0 Å². The van der Waals surface area contributed by atoms with Crippen LogP contribution >= 0.6 is 11.6 Å². The average Bonchev–Trinajstić information content (AvgIpc) is 1.77. The van der Waals surface area contributed by atoms with Gasteiger partial charge in [0.25, 0.3) is 0 Å². The van der Waals surface area contributed by atoms with Crippen molar-refractivity contribution >= 4 is 11.6 Å². The van der Waals surface area contributed by atoms with Gasteiger partial charge in [0.2, 0.25) is 0 Å². The van der Waals surface area contributed by atoms with Crippen LogP contribution in [0.15, 0.2) is 18.2 Å². The first kappa shape index (κ1) is 9.04. The molecule has 1 aromatic carbocycles. The molecule has 0 fully saturated rings. The van der Waals surface area contributed by atoms with Gasteiger partial charge in [0, 0.05) is 5.82 Å². The van der Waals surface area contributed by atoms with E-state index in [1.54, 1.807) is 6.07 Å². The third-order valence-corrected chi connectivity index (χ3v) is 1.07. The van der Waals surface area contributed by atoms with Gasteiger partial charge < -0.3 is 0 Å². The zero-order valence-electron chi connectivity index (χ0n) is 4.99. The van der Waals surface area contributed by atoms with E-state index in [1.165, 1.54) is 12.1 Å². The molecule has 0 aliphatic carbocycles. The molecule has 0 spiro atoms. The zero-order valence-corrected chi connectivity index (χ0v) is 5.74. The van der Waals surface area contributed by atoms with Crippen molar-refractivity contribution in [1.82, 2.24) is 0 Å². The molecule has 0 N–H and O–H groups in total. The van der Waals surface area contributed by atoms with Crippen molar-refractivity contribution in [2.24, 2.45) is 0 Å². The number of hydrogen-bond donors (Lipinski definition) is 0. The first-order valence-corrected chi connectivity index (χ1v) is 2.49. The summed E-state index contributed by atoms with van der Waals surface area (Å²) in [5, 5.41) is 0.142. The maximum absolute atomic E-state index is 12.2. The van der Waals surface area contributed by atoms with Gasteiger partial charge in [0.05, 0.1) is 0 Å². The van der Waals surface area contributed by atoms with E-state index in [0.29, 0.717) is 0 Å². The molecule has 0 aliphatic rings. The Morgan fingerprint density at radius 1 is 1.56 bits per heavy atom. The topological polar surface area (TPSA) is 0 Å². The fourth-order valence-electron chi connectivity index (χ4n) is 0.391. The molecule has 0 aliphatic heterocycles. The minimum absolute atomic E-state index is 0. The molecule has 0 saturated heterocycles. The Morgan fingerprint density at radius 2 is 2.22 bits per heavy atom. The Balaban J connectivity index is 0.000000640. The maximum atomic E-state index is 12.2. The van der Waals surface area contributed by atoms with Crippen molar-refractivity contribution in [3.63, 3.8) is 0 Å². The fourth-order valence-corrected chi connectivity index (χ4v) is 0.509. The standard InChI is InChI=1S/C6H3ClF.Li/c7-5-3-1-2-4-6(5)8;/h1,3-4H;/q-1;+1. The number of halogens is 2. The largest absolute Gasteiger partial charge is 1.00 e. The van der Waals surface area contributed by atoms with E-state index in [-0.39, 0.29) is 23.9 Å². The molecular formula is C6H3ClFLi. The van der Waals surface area contributed by atoms with Crippen LogP contribution in [0.5, 0.6) is 0 Å². The van der Waals surface area contributed by atoms with Gasteiger partial charge in [0.15, 0.2) is 0 Å². The van der Waals surface area contributed by atoms with Gasteiger partial charge in [-0.1, -0.05) is 0 Å². The normalized spacial score (nSPS) is 8.22. The second-order valence-corrected chi connectivity index (χ2v) is 1.75.